The first kappa shape index (κ1) is 15.2. The Balaban J connectivity index is 2.26. The van der Waals surface area contributed by atoms with Gasteiger partial charge in [0.1, 0.15) is 11.6 Å². The Morgan fingerprint density at radius 2 is 2.26 bits per heavy atom. The third-order valence-electron chi connectivity index (χ3n) is 3.73. The molecular formula is C13H17BrF2N2S. The minimum atomic E-state index is -0.535. The summed E-state index contributed by atoms with van der Waals surface area (Å²) < 4.78 is 28.0. The molecule has 19 heavy (non-hydrogen) atoms. The predicted molar refractivity (Wildman–Crippen MR) is 79.0 cm³/mol. The van der Waals surface area contributed by atoms with Gasteiger partial charge in [0.05, 0.1) is 4.47 Å². The standard InChI is InChI=1S/C13H17BrF2N2S/c1-13(5-2-6-19-13)11(18-17)7-8-10(15)4-3-9(14)12(8)16/h3-4,11,18H,2,5-7,17H2,1H3. The number of halogens is 3. The number of nitrogens with two attached hydrogens (primary N) is 1. The van der Waals surface area contributed by atoms with E-state index in [1.165, 1.54) is 12.1 Å². The normalized spacial score (nSPS) is 24.7. The summed E-state index contributed by atoms with van der Waals surface area (Å²) in [5.74, 6) is 5.62. The van der Waals surface area contributed by atoms with Crippen LogP contribution in [0.1, 0.15) is 25.3 Å². The van der Waals surface area contributed by atoms with Crippen LogP contribution in [-0.2, 0) is 6.42 Å². The molecule has 3 N–H and O–H groups in total. The lowest BCUT2D eigenvalue weighted by atomic mass is 9.91. The van der Waals surface area contributed by atoms with E-state index < -0.39 is 11.6 Å². The molecule has 1 heterocycles. The van der Waals surface area contributed by atoms with Gasteiger partial charge in [-0.15, -0.1) is 0 Å². The van der Waals surface area contributed by atoms with Crippen LogP contribution in [0.15, 0.2) is 16.6 Å². The Kier molecular flexibility index (Phi) is 4.87. The zero-order valence-corrected chi connectivity index (χ0v) is 13.1. The summed E-state index contributed by atoms with van der Waals surface area (Å²) in [4.78, 5) is 0. The van der Waals surface area contributed by atoms with Crippen LogP contribution in [0.3, 0.4) is 0 Å². The summed E-state index contributed by atoms with van der Waals surface area (Å²) in [6.45, 7) is 2.10. The molecule has 2 nitrogen and oxygen atoms in total. The second-order valence-corrected chi connectivity index (χ2v) is 7.49. The first-order valence-electron chi connectivity index (χ1n) is 6.20. The summed E-state index contributed by atoms with van der Waals surface area (Å²) in [5, 5.41) is 0. The molecule has 1 fully saturated rings. The predicted octanol–water partition coefficient (Wildman–Crippen LogP) is 3.39. The second-order valence-electron chi connectivity index (χ2n) is 5.01. The molecule has 106 valence electrons. The van der Waals surface area contributed by atoms with E-state index in [2.05, 4.69) is 28.3 Å². The molecule has 6 heteroatoms. The van der Waals surface area contributed by atoms with Crippen LogP contribution in [0.5, 0.6) is 0 Å². The summed E-state index contributed by atoms with van der Waals surface area (Å²) >= 11 is 4.90. The van der Waals surface area contributed by atoms with Crippen LogP contribution < -0.4 is 11.3 Å². The summed E-state index contributed by atoms with van der Waals surface area (Å²) in [5.41, 5.74) is 2.83. The highest BCUT2D eigenvalue weighted by molar-refractivity contribution is 9.10. The molecule has 1 aromatic carbocycles. The van der Waals surface area contributed by atoms with Gasteiger partial charge >= 0.3 is 0 Å². The zero-order valence-electron chi connectivity index (χ0n) is 10.7. The lowest BCUT2D eigenvalue weighted by Gasteiger charge is -2.33. The molecule has 0 saturated carbocycles. The Morgan fingerprint density at radius 1 is 1.53 bits per heavy atom. The average molecular weight is 351 g/mol. The summed E-state index contributed by atoms with van der Waals surface area (Å²) in [7, 11) is 0. The van der Waals surface area contributed by atoms with Crippen LogP contribution in [0, 0.1) is 11.6 Å². The van der Waals surface area contributed by atoms with Gasteiger partial charge in [-0.05, 0) is 60.0 Å². The molecule has 1 aliphatic rings. The van der Waals surface area contributed by atoms with Gasteiger partial charge in [0.2, 0.25) is 0 Å². The van der Waals surface area contributed by atoms with Crippen molar-refractivity contribution < 1.29 is 8.78 Å². The molecule has 2 rings (SSSR count). The van der Waals surface area contributed by atoms with Crippen LogP contribution in [0.25, 0.3) is 0 Å². The first-order chi connectivity index (χ1) is 8.98. The van der Waals surface area contributed by atoms with Gasteiger partial charge in [-0.1, -0.05) is 0 Å². The van der Waals surface area contributed by atoms with Crippen LogP contribution >= 0.6 is 27.7 Å². The van der Waals surface area contributed by atoms with E-state index in [0.29, 0.717) is 0 Å². The number of rotatable bonds is 4. The molecule has 2 unspecified atom stereocenters. The maximum atomic E-state index is 14.0. The molecular weight excluding hydrogens is 334 g/mol. The Bertz CT molecular complexity index is 464. The minimum absolute atomic E-state index is 0.0735. The topological polar surface area (TPSA) is 38.0 Å². The van der Waals surface area contributed by atoms with Gasteiger partial charge in [0.25, 0.3) is 0 Å². The number of hydrogen-bond donors (Lipinski definition) is 2. The molecule has 1 aliphatic heterocycles. The number of thioether (sulfide) groups is 1. The van der Waals surface area contributed by atoms with Gasteiger partial charge in [-0.2, -0.15) is 11.8 Å². The van der Waals surface area contributed by atoms with Crippen molar-refractivity contribution >= 4 is 27.7 Å². The van der Waals surface area contributed by atoms with Crippen molar-refractivity contribution in [2.24, 2.45) is 5.84 Å². The second kappa shape index (κ2) is 6.08. The van der Waals surface area contributed by atoms with Gasteiger partial charge in [-0.3, -0.25) is 11.3 Å². The lowest BCUT2D eigenvalue weighted by molar-refractivity contribution is 0.394. The molecule has 0 spiro atoms. The van der Waals surface area contributed by atoms with Crippen molar-refractivity contribution in [1.82, 2.24) is 5.43 Å². The van der Waals surface area contributed by atoms with Crippen molar-refractivity contribution in [2.45, 2.75) is 37.0 Å². The summed E-state index contributed by atoms with van der Waals surface area (Å²) in [6.07, 6.45) is 2.36. The number of hydrogen-bond acceptors (Lipinski definition) is 3. The molecule has 0 amide bonds. The highest BCUT2D eigenvalue weighted by atomic mass is 79.9. The monoisotopic (exact) mass is 350 g/mol. The smallest absolute Gasteiger partial charge is 0.143 e. The van der Waals surface area contributed by atoms with Crippen molar-refractivity contribution in [3.8, 4) is 0 Å². The average Bonchev–Trinajstić information content (AvgIpc) is 2.82. The molecule has 0 aliphatic carbocycles. The van der Waals surface area contributed by atoms with Crippen LogP contribution in [0.2, 0.25) is 0 Å². The highest BCUT2D eigenvalue weighted by Crippen LogP contribution is 2.41. The van der Waals surface area contributed by atoms with E-state index in [0.717, 1.165) is 18.6 Å². The highest BCUT2D eigenvalue weighted by Gasteiger charge is 2.38. The Hall–Kier alpha value is -0.170. The first-order valence-corrected chi connectivity index (χ1v) is 7.98. The summed E-state index contributed by atoms with van der Waals surface area (Å²) in [6, 6.07) is 2.50. The molecule has 2 atom stereocenters. The molecule has 0 bridgehead atoms. The maximum absolute atomic E-state index is 14.0. The fraction of sp³-hybridized carbons (Fsp3) is 0.538. The number of nitrogens with one attached hydrogen (secondary N) is 1. The SMILES string of the molecule is CC1(C(Cc2c(F)ccc(Br)c2F)NN)CCCS1. The van der Waals surface area contributed by atoms with Crippen LogP contribution in [0.4, 0.5) is 8.78 Å². The van der Waals surface area contributed by atoms with E-state index >= 15 is 0 Å². The maximum Gasteiger partial charge on any atom is 0.143 e. The fourth-order valence-corrected chi connectivity index (χ4v) is 4.25. The van der Waals surface area contributed by atoms with Crippen LogP contribution in [-0.4, -0.2) is 16.5 Å². The van der Waals surface area contributed by atoms with Gasteiger partial charge in [0.15, 0.2) is 0 Å². The van der Waals surface area contributed by atoms with Crippen molar-refractivity contribution in [3.63, 3.8) is 0 Å². The number of benzene rings is 1. The van der Waals surface area contributed by atoms with Crippen molar-refractivity contribution in [1.29, 1.82) is 0 Å². The fourth-order valence-electron chi connectivity index (χ4n) is 2.49. The lowest BCUT2D eigenvalue weighted by Crippen LogP contribution is -2.50. The Morgan fingerprint density at radius 3 is 2.84 bits per heavy atom. The quantitative estimate of drug-likeness (QED) is 0.496. The van der Waals surface area contributed by atoms with Gasteiger partial charge in [0, 0.05) is 16.4 Å². The number of hydrazine groups is 1. The van der Waals surface area contributed by atoms with E-state index in [1.807, 2.05) is 11.8 Å². The minimum Gasteiger partial charge on any atom is -0.271 e. The molecule has 1 saturated heterocycles. The van der Waals surface area contributed by atoms with E-state index in [4.69, 9.17) is 5.84 Å². The zero-order chi connectivity index (χ0) is 14.0. The van der Waals surface area contributed by atoms with E-state index in [-0.39, 0.29) is 27.2 Å². The largest absolute Gasteiger partial charge is 0.271 e. The van der Waals surface area contributed by atoms with E-state index in [1.54, 1.807) is 0 Å². The van der Waals surface area contributed by atoms with Gasteiger partial charge < -0.3 is 0 Å². The Labute approximate surface area is 124 Å². The molecule has 1 aromatic rings. The third kappa shape index (κ3) is 3.12. The molecule has 0 aromatic heterocycles. The van der Waals surface area contributed by atoms with Crippen molar-refractivity contribution in [2.75, 3.05) is 5.75 Å². The molecule has 0 radical (unpaired) electrons. The van der Waals surface area contributed by atoms with Gasteiger partial charge in [-0.25, -0.2) is 8.78 Å². The third-order valence-corrected chi connectivity index (χ3v) is 5.99. The van der Waals surface area contributed by atoms with Crippen molar-refractivity contribution in [3.05, 3.63) is 33.8 Å². The van der Waals surface area contributed by atoms with E-state index in [9.17, 15) is 8.78 Å².